The Morgan fingerprint density at radius 1 is 1.73 bits per heavy atom. The number of halogens is 1. The third-order valence-electron chi connectivity index (χ3n) is 1.48. The van der Waals surface area contributed by atoms with E-state index in [0.717, 1.165) is 17.7 Å². The van der Waals surface area contributed by atoms with E-state index >= 15 is 0 Å². The molecule has 1 atom stereocenters. The van der Waals surface area contributed by atoms with E-state index < -0.39 is 0 Å². The SMILES string of the molecule is Cc1ncc(CC(C)CBr)s1. The van der Waals surface area contributed by atoms with E-state index in [4.69, 9.17) is 0 Å². The standard InChI is InChI=1S/C8H12BrNS/c1-6(4-9)3-8-5-10-7(2)11-8/h5-6H,3-4H2,1-2H3. The normalized spacial score (nSPS) is 13.4. The summed E-state index contributed by atoms with van der Waals surface area (Å²) < 4.78 is 0. The zero-order chi connectivity index (χ0) is 8.27. The van der Waals surface area contributed by atoms with Gasteiger partial charge in [0.15, 0.2) is 0 Å². The van der Waals surface area contributed by atoms with E-state index in [2.05, 4.69) is 27.8 Å². The fraction of sp³-hybridized carbons (Fsp3) is 0.625. The largest absolute Gasteiger partial charge is 0.250 e. The van der Waals surface area contributed by atoms with Crippen molar-refractivity contribution in [2.75, 3.05) is 5.33 Å². The second-order valence-electron chi connectivity index (χ2n) is 2.81. The van der Waals surface area contributed by atoms with Gasteiger partial charge in [-0.3, -0.25) is 0 Å². The maximum absolute atomic E-state index is 4.21. The van der Waals surface area contributed by atoms with Gasteiger partial charge in [0, 0.05) is 16.4 Å². The van der Waals surface area contributed by atoms with Crippen LogP contribution in [-0.2, 0) is 6.42 Å². The average molecular weight is 234 g/mol. The Hall–Kier alpha value is 0.110. The first-order valence-corrected chi connectivity index (χ1v) is 5.63. The van der Waals surface area contributed by atoms with Crippen LogP contribution >= 0.6 is 27.3 Å². The van der Waals surface area contributed by atoms with Crippen LogP contribution in [0.25, 0.3) is 0 Å². The quantitative estimate of drug-likeness (QED) is 0.732. The monoisotopic (exact) mass is 233 g/mol. The van der Waals surface area contributed by atoms with Crippen LogP contribution in [-0.4, -0.2) is 10.3 Å². The molecule has 0 N–H and O–H groups in total. The number of rotatable bonds is 3. The van der Waals surface area contributed by atoms with E-state index in [0.29, 0.717) is 0 Å². The van der Waals surface area contributed by atoms with E-state index in [1.807, 2.05) is 13.1 Å². The van der Waals surface area contributed by atoms with Gasteiger partial charge in [0.1, 0.15) is 0 Å². The molecular formula is C8H12BrNS. The molecule has 0 fully saturated rings. The molecule has 0 saturated carbocycles. The lowest BCUT2D eigenvalue weighted by Gasteiger charge is -2.02. The number of alkyl halides is 1. The molecule has 1 unspecified atom stereocenters. The highest BCUT2D eigenvalue weighted by Crippen LogP contribution is 2.16. The van der Waals surface area contributed by atoms with Crippen molar-refractivity contribution in [1.29, 1.82) is 0 Å². The Morgan fingerprint density at radius 3 is 2.91 bits per heavy atom. The molecule has 0 aromatic carbocycles. The molecular weight excluding hydrogens is 222 g/mol. The van der Waals surface area contributed by atoms with Gasteiger partial charge in [-0.2, -0.15) is 0 Å². The zero-order valence-corrected chi connectivity index (χ0v) is 9.20. The summed E-state index contributed by atoms with van der Waals surface area (Å²) in [7, 11) is 0. The number of hydrogen-bond donors (Lipinski definition) is 0. The fourth-order valence-corrected chi connectivity index (χ4v) is 2.08. The molecule has 0 saturated heterocycles. The van der Waals surface area contributed by atoms with Gasteiger partial charge in [-0.25, -0.2) is 4.98 Å². The van der Waals surface area contributed by atoms with Crippen LogP contribution in [0.15, 0.2) is 6.20 Å². The third-order valence-corrected chi connectivity index (χ3v) is 3.52. The van der Waals surface area contributed by atoms with Gasteiger partial charge in [0.2, 0.25) is 0 Å². The van der Waals surface area contributed by atoms with Gasteiger partial charge >= 0.3 is 0 Å². The van der Waals surface area contributed by atoms with Crippen molar-refractivity contribution < 1.29 is 0 Å². The summed E-state index contributed by atoms with van der Waals surface area (Å²) in [4.78, 5) is 5.60. The minimum atomic E-state index is 0.717. The van der Waals surface area contributed by atoms with Crippen LogP contribution in [0.2, 0.25) is 0 Å². The molecule has 0 spiro atoms. The van der Waals surface area contributed by atoms with Gasteiger partial charge in [0.05, 0.1) is 5.01 Å². The molecule has 0 aliphatic heterocycles. The molecule has 1 nitrogen and oxygen atoms in total. The predicted octanol–water partition coefficient (Wildman–Crippen LogP) is 3.03. The van der Waals surface area contributed by atoms with Gasteiger partial charge in [-0.1, -0.05) is 22.9 Å². The molecule has 11 heavy (non-hydrogen) atoms. The summed E-state index contributed by atoms with van der Waals surface area (Å²) in [5, 5.41) is 2.24. The number of nitrogens with zero attached hydrogens (tertiary/aromatic N) is 1. The Balaban J connectivity index is 2.50. The summed E-state index contributed by atoms with van der Waals surface area (Å²) in [6, 6.07) is 0. The fourth-order valence-electron chi connectivity index (χ4n) is 0.898. The van der Waals surface area contributed by atoms with Crippen LogP contribution in [0, 0.1) is 12.8 Å². The van der Waals surface area contributed by atoms with Crippen LogP contribution in [0.5, 0.6) is 0 Å². The van der Waals surface area contributed by atoms with Crippen LogP contribution in [0.3, 0.4) is 0 Å². The Morgan fingerprint density at radius 2 is 2.45 bits per heavy atom. The second-order valence-corrected chi connectivity index (χ2v) is 4.78. The van der Waals surface area contributed by atoms with Crippen molar-refractivity contribution in [2.24, 2.45) is 5.92 Å². The lowest BCUT2D eigenvalue weighted by molar-refractivity contribution is 0.670. The molecule has 1 aromatic rings. The third kappa shape index (κ3) is 2.91. The molecule has 62 valence electrons. The first-order chi connectivity index (χ1) is 5.22. The molecule has 1 rings (SSSR count). The Labute approximate surface area is 80.0 Å². The number of aryl methyl sites for hydroxylation is 1. The predicted molar refractivity (Wildman–Crippen MR) is 53.5 cm³/mol. The lowest BCUT2D eigenvalue weighted by atomic mass is 10.1. The minimum absolute atomic E-state index is 0.717. The van der Waals surface area contributed by atoms with Gasteiger partial charge < -0.3 is 0 Å². The van der Waals surface area contributed by atoms with Crippen molar-refractivity contribution >= 4 is 27.3 Å². The van der Waals surface area contributed by atoms with Crippen molar-refractivity contribution in [3.63, 3.8) is 0 Å². The number of hydrogen-bond acceptors (Lipinski definition) is 2. The van der Waals surface area contributed by atoms with Crippen molar-refractivity contribution in [2.45, 2.75) is 20.3 Å². The first-order valence-electron chi connectivity index (χ1n) is 3.69. The highest BCUT2D eigenvalue weighted by atomic mass is 79.9. The topological polar surface area (TPSA) is 12.9 Å². The first kappa shape index (κ1) is 9.20. The maximum atomic E-state index is 4.21. The smallest absolute Gasteiger partial charge is 0.0896 e. The van der Waals surface area contributed by atoms with Gasteiger partial charge in [-0.15, -0.1) is 11.3 Å². The maximum Gasteiger partial charge on any atom is 0.0896 e. The highest BCUT2D eigenvalue weighted by Gasteiger charge is 2.03. The molecule has 0 aliphatic carbocycles. The number of aromatic nitrogens is 1. The molecule has 1 heterocycles. The van der Waals surface area contributed by atoms with E-state index in [-0.39, 0.29) is 0 Å². The van der Waals surface area contributed by atoms with E-state index in [9.17, 15) is 0 Å². The Kier molecular flexibility index (Phi) is 3.52. The van der Waals surface area contributed by atoms with Gasteiger partial charge in [0.25, 0.3) is 0 Å². The summed E-state index contributed by atoms with van der Waals surface area (Å²) in [6.07, 6.45) is 3.13. The molecule has 0 aliphatic rings. The zero-order valence-electron chi connectivity index (χ0n) is 6.80. The van der Waals surface area contributed by atoms with Gasteiger partial charge in [-0.05, 0) is 19.3 Å². The molecule has 1 aromatic heterocycles. The van der Waals surface area contributed by atoms with Crippen LogP contribution in [0.4, 0.5) is 0 Å². The molecule has 3 heteroatoms. The highest BCUT2D eigenvalue weighted by molar-refractivity contribution is 9.09. The minimum Gasteiger partial charge on any atom is -0.250 e. The van der Waals surface area contributed by atoms with Crippen molar-refractivity contribution in [3.8, 4) is 0 Å². The van der Waals surface area contributed by atoms with Crippen LogP contribution < -0.4 is 0 Å². The van der Waals surface area contributed by atoms with Crippen molar-refractivity contribution in [1.82, 2.24) is 4.98 Å². The summed E-state index contributed by atoms with van der Waals surface area (Å²) in [5.74, 6) is 0.717. The summed E-state index contributed by atoms with van der Waals surface area (Å²) in [6.45, 7) is 4.29. The molecule has 0 radical (unpaired) electrons. The number of thiazole rings is 1. The average Bonchev–Trinajstić information content (AvgIpc) is 2.35. The summed E-state index contributed by atoms with van der Waals surface area (Å²) >= 11 is 5.26. The molecule has 0 amide bonds. The second kappa shape index (κ2) is 4.21. The van der Waals surface area contributed by atoms with Crippen molar-refractivity contribution in [3.05, 3.63) is 16.1 Å². The van der Waals surface area contributed by atoms with Crippen LogP contribution in [0.1, 0.15) is 16.8 Å². The molecule has 0 bridgehead atoms. The van der Waals surface area contributed by atoms with E-state index in [1.54, 1.807) is 11.3 Å². The Bertz CT molecular complexity index is 222. The van der Waals surface area contributed by atoms with E-state index in [1.165, 1.54) is 9.88 Å². The summed E-state index contributed by atoms with van der Waals surface area (Å²) in [5.41, 5.74) is 0. The lowest BCUT2D eigenvalue weighted by Crippen LogP contribution is -1.98.